The molecule has 0 amide bonds. The van der Waals surface area contributed by atoms with Crippen LogP contribution in [0.2, 0.25) is 5.31 Å². The Hall–Kier alpha value is -0.465. The Labute approximate surface area is 111 Å². The van der Waals surface area contributed by atoms with E-state index in [9.17, 15) is 9.90 Å². The van der Waals surface area contributed by atoms with Gasteiger partial charge in [0.15, 0.2) is 0 Å². The Morgan fingerprint density at radius 1 is 1.39 bits per heavy atom. The standard InChI is InChI=1S/C15H23BO2/c1-3-4-9-5-8(2)12-10-6-11(13(9)12)15(16,7-10)14(17)18/h8-13H,3-7H2,1-2H3,(H,17,18). The Morgan fingerprint density at radius 2 is 2.11 bits per heavy atom. The van der Waals surface area contributed by atoms with Crippen molar-refractivity contribution < 1.29 is 9.90 Å². The van der Waals surface area contributed by atoms with Crippen LogP contribution < -0.4 is 0 Å². The molecule has 98 valence electrons. The summed E-state index contributed by atoms with van der Waals surface area (Å²) >= 11 is 0. The van der Waals surface area contributed by atoms with Crippen LogP contribution >= 0.6 is 0 Å². The minimum Gasteiger partial charge on any atom is -0.481 e. The first-order valence-corrected chi connectivity index (χ1v) is 7.51. The first-order valence-electron chi connectivity index (χ1n) is 7.51. The molecule has 7 unspecified atom stereocenters. The lowest BCUT2D eigenvalue weighted by atomic mass is 9.53. The second kappa shape index (κ2) is 4.01. The fourth-order valence-electron chi connectivity index (χ4n) is 5.79. The van der Waals surface area contributed by atoms with E-state index in [0.717, 1.165) is 30.6 Å². The van der Waals surface area contributed by atoms with Gasteiger partial charge in [-0.3, -0.25) is 4.79 Å². The molecule has 3 heteroatoms. The molecule has 0 aromatic rings. The van der Waals surface area contributed by atoms with Crippen LogP contribution in [0.1, 0.15) is 46.0 Å². The highest BCUT2D eigenvalue weighted by molar-refractivity contribution is 6.27. The van der Waals surface area contributed by atoms with Crippen molar-refractivity contribution in [2.24, 2.45) is 35.5 Å². The van der Waals surface area contributed by atoms with E-state index in [-0.39, 0.29) is 5.92 Å². The van der Waals surface area contributed by atoms with Gasteiger partial charge in [0.05, 0.1) is 7.85 Å². The normalized spacial score (nSPS) is 53.7. The van der Waals surface area contributed by atoms with E-state index < -0.39 is 11.3 Å². The summed E-state index contributed by atoms with van der Waals surface area (Å²) in [6, 6.07) is 0. The van der Waals surface area contributed by atoms with Gasteiger partial charge >= 0.3 is 5.97 Å². The van der Waals surface area contributed by atoms with Gasteiger partial charge in [-0.1, -0.05) is 26.7 Å². The van der Waals surface area contributed by atoms with Gasteiger partial charge in [-0.2, -0.15) is 0 Å². The van der Waals surface area contributed by atoms with E-state index >= 15 is 0 Å². The third-order valence-corrected chi connectivity index (χ3v) is 6.21. The van der Waals surface area contributed by atoms with E-state index in [1.54, 1.807) is 0 Å². The lowest BCUT2D eigenvalue weighted by molar-refractivity contribution is -0.143. The number of fused-ring (bicyclic) bond motifs is 5. The van der Waals surface area contributed by atoms with Gasteiger partial charge in [0.2, 0.25) is 0 Å². The SMILES string of the molecule is [B]C1(C(=O)O)CC2CC1C1C(CCC)CC(C)C21. The van der Waals surface area contributed by atoms with Gasteiger partial charge in [0, 0.05) is 5.31 Å². The maximum Gasteiger partial charge on any atom is 0.300 e. The fraction of sp³-hybridized carbons (Fsp3) is 0.933. The number of carbonyl (C=O) groups is 1. The molecule has 2 radical (unpaired) electrons. The smallest absolute Gasteiger partial charge is 0.300 e. The summed E-state index contributed by atoms with van der Waals surface area (Å²) < 4.78 is 0. The summed E-state index contributed by atoms with van der Waals surface area (Å²) in [7, 11) is 6.25. The number of hydrogen-bond acceptors (Lipinski definition) is 1. The topological polar surface area (TPSA) is 37.3 Å². The van der Waals surface area contributed by atoms with Gasteiger partial charge in [0.1, 0.15) is 0 Å². The molecule has 0 aromatic carbocycles. The highest BCUT2D eigenvalue weighted by atomic mass is 16.4. The van der Waals surface area contributed by atoms with Gasteiger partial charge in [-0.05, 0) is 54.8 Å². The zero-order valence-corrected chi connectivity index (χ0v) is 11.4. The van der Waals surface area contributed by atoms with Crippen LogP contribution in [0.3, 0.4) is 0 Å². The Kier molecular flexibility index (Phi) is 2.80. The molecule has 0 heterocycles. The number of rotatable bonds is 3. The quantitative estimate of drug-likeness (QED) is 0.777. The molecule has 1 N–H and O–H groups in total. The molecule has 0 aliphatic heterocycles. The zero-order chi connectivity index (χ0) is 13.1. The van der Waals surface area contributed by atoms with Gasteiger partial charge < -0.3 is 5.11 Å². The minimum absolute atomic E-state index is 0.242. The van der Waals surface area contributed by atoms with E-state index in [1.165, 1.54) is 19.3 Å². The van der Waals surface area contributed by atoms with Crippen molar-refractivity contribution in [3.8, 4) is 0 Å². The summed E-state index contributed by atoms with van der Waals surface area (Å²) in [5.74, 6) is 2.93. The van der Waals surface area contributed by atoms with E-state index in [1.807, 2.05) is 0 Å². The van der Waals surface area contributed by atoms with Crippen LogP contribution in [0.15, 0.2) is 0 Å². The van der Waals surface area contributed by atoms with Crippen molar-refractivity contribution in [3.63, 3.8) is 0 Å². The molecule has 0 saturated heterocycles. The first kappa shape index (κ1) is 12.6. The molecule has 3 aliphatic rings. The molecular formula is C15H23BO2. The Balaban J connectivity index is 1.89. The third kappa shape index (κ3) is 1.45. The van der Waals surface area contributed by atoms with Crippen LogP contribution in [0, 0.1) is 35.5 Å². The molecule has 3 aliphatic carbocycles. The van der Waals surface area contributed by atoms with Crippen LogP contribution in [0.25, 0.3) is 0 Å². The van der Waals surface area contributed by atoms with Crippen LogP contribution in [0.5, 0.6) is 0 Å². The highest BCUT2D eigenvalue weighted by Crippen LogP contribution is 2.70. The highest BCUT2D eigenvalue weighted by Gasteiger charge is 2.64. The van der Waals surface area contributed by atoms with E-state index in [4.69, 9.17) is 7.85 Å². The summed E-state index contributed by atoms with van der Waals surface area (Å²) in [4.78, 5) is 11.5. The third-order valence-electron chi connectivity index (χ3n) is 6.21. The van der Waals surface area contributed by atoms with Crippen molar-refractivity contribution in [3.05, 3.63) is 0 Å². The number of aliphatic carboxylic acids is 1. The molecule has 2 nitrogen and oxygen atoms in total. The summed E-state index contributed by atoms with van der Waals surface area (Å²) in [5, 5.41) is 8.56. The Bertz CT molecular complexity index is 370. The molecular weight excluding hydrogens is 223 g/mol. The maximum atomic E-state index is 11.5. The molecule has 3 rings (SSSR count). The van der Waals surface area contributed by atoms with Gasteiger partial charge in [-0.15, -0.1) is 0 Å². The zero-order valence-electron chi connectivity index (χ0n) is 11.4. The average Bonchev–Trinajstić information content (AvgIpc) is 2.91. The minimum atomic E-state index is -0.915. The molecule has 18 heavy (non-hydrogen) atoms. The molecule has 0 spiro atoms. The van der Waals surface area contributed by atoms with Crippen molar-refractivity contribution in [1.29, 1.82) is 0 Å². The van der Waals surface area contributed by atoms with Crippen molar-refractivity contribution >= 4 is 13.8 Å². The number of carboxylic acid groups (broad SMARTS) is 1. The molecule has 3 fully saturated rings. The monoisotopic (exact) mass is 246 g/mol. The molecule has 3 saturated carbocycles. The van der Waals surface area contributed by atoms with Crippen LogP contribution in [-0.4, -0.2) is 18.9 Å². The second-order valence-electron chi connectivity index (χ2n) is 7.07. The fourth-order valence-corrected chi connectivity index (χ4v) is 5.79. The predicted octanol–water partition coefficient (Wildman–Crippen LogP) is 3.13. The van der Waals surface area contributed by atoms with E-state index in [2.05, 4.69) is 13.8 Å². The first-order chi connectivity index (χ1) is 8.49. The number of carboxylic acids is 1. The molecule has 0 aromatic heterocycles. The lowest BCUT2D eigenvalue weighted by Gasteiger charge is -2.40. The molecule has 7 atom stereocenters. The average molecular weight is 246 g/mol. The lowest BCUT2D eigenvalue weighted by Crippen LogP contribution is -2.39. The summed E-state index contributed by atoms with van der Waals surface area (Å²) in [6.45, 7) is 4.60. The van der Waals surface area contributed by atoms with Gasteiger partial charge in [-0.25, -0.2) is 0 Å². The van der Waals surface area contributed by atoms with Crippen molar-refractivity contribution in [2.45, 2.75) is 51.3 Å². The van der Waals surface area contributed by atoms with Crippen molar-refractivity contribution in [1.82, 2.24) is 0 Å². The van der Waals surface area contributed by atoms with E-state index in [0.29, 0.717) is 11.8 Å². The Morgan fingerprint density at radius 3 is 2.72 bits per heavy atom. The maximum absolute atomic E-state index is 11.5. The van der Waals surface area contributed by atoms with Crippen LogP contribution in [0.4, 0.5) is 0 Å². The second-order valence-corrected chi connectivity index (χ2v) is 7.07. The largest absolute Gasteiger partial charge is 0.481 e. The van der Waals surface area contributed by atoms with Crippen molar-refractivity contribution in [2.75, 3.05) is 0 Å². The summed E-state index contributed by atoms with van der Waals surface area (Å²) in [5.41, 5.74) is 0. The van der Waals surface area contributed by atoms with Crippen LogP contribution in [-0.2, 0) is 4.79 Å². The molecule has 2 bridgehead atoms. The van der Waals surface area contributed by atoms with Gasteiger partial charge in [0.25, 0.3) is 0 Å². The summed E-state index contributed by atoms with van der Waals surface area (Å²) in [6.07, 6.45) is 5.55. The predicted molar refractivity (Wildman–Crippen MR) is 71.5 cm³/mol. The number of hydrogen-bond donors (Lipinski definition) is 1.